The van der Waals surface area contributed by atoms with Crippen LogP contribution < -0.4 is 4.74 Å². The normalized spacial score (nSPS) is 19.8. The summed E-state index contributed by atoms with van der Waals surface area (Å²) in [5.74, 6) is 2.36. The molecule has 4 rings (SSSR count). The van der Waals surface area contributed by atoms with E-state index in [9.17, 15) is 4.79 Å². The molecule has 142 valence electrons. The molecule has 0 bridgehead atoms. The van der Waals surface area contributed by atoms with Crippen molar-refractivity contribution >= 4 is 5.91 Å². The van der Waals surface area contributed by atoms with Crippen LogP contribution in [0.15, 0.2) is 30.5 Å². The summed E-state index contributed by atoms with van der Waals surface area (Å²) in [6.45, 7) is 3.47. The van der Waals surface area contributed by atoms with E-state index >= 15 is 0 Å². The Balaban J connectivity index is 1.41. The second-order valence-electron chi connectivity index (χ2n) is 7.54. The van der Waals surface area contributed by atoms with Crippen LogP contribution in [0.2, 0.25) is 0 Å². The maximum atomic E-state index is 12.7. The third-order valence-corrected chi connectivity index (χ3v) is 5.58. The van der Waals surface area contributed by atoms with Crippen molar-refractivity contribution in [2.24, 2.45) is 0 Å². The third kappa shape index (κ3) is 3.95. The van der Waals surface area contributed by atoms with Crippen LogP contribution in [0, 0.1) is 0 Å². The number of hydrogen-bond acceptors (Lipinski definition) is 5. The first-order valence-corrected chi connectivity index (χ1v) is 9.56. The van der Waals surface area contributed by atoms with E-state index in [0.717, 1.165) is 60.9 Å². The SMILES string of the molecule is COc1ccc(CC(=O)N2CCc3nc([C@@H]4CCN(C)C4)ncc3C2)cc1. The average molecular weight is 366 g/mol. The van der Waals surface area contributed by atoms with Gasteiger partial charge in [0.1, 0.15) is 11.6 Å². The van der Waals surface area contributed by atoms with E-state index in [-0.39, 0.29) is 5.91 Å². The molecule has 2 aromatic rings. The van der Waals surface area contributed by atoms with Crippen LogP contribution >= 0.6 is 0 Å². The molecule has 0 saturated carbocycles. The van der Waals surface area contributed by atoms with Crippen LogP contribution in [0.3, 0.4) is 0 Å². The van der Waals surface area contributed by atoms with Crippen molar-refractivity contribution in [1.82, 2.24) is 19.8 Å². The lowest BCUT2D eigenvalue weighted by atomic mass is 10.0. The number of likely N-dealkylation sites (N-methyl/N-ethyl adjacent to an activating group) is 1. The number of methoxy groups -OCH3 is 1. The first-order chi connectivity index (χ1) is 13.1. The van der Waals surface area contributed by atoms with Crippen LogP contribution in [0.5, 0.6) is 5.75 Å². The largest absolute Gasteiger partial charge is 0.497 e. The van der Waals surface area contributed by atoms with E-state index in [1.54, 1.807) is 7.11 Å². The van der Waals surface area contributed by atoms with Gasteiger partial charge in [0.15, 0.2) is 0 Å². The Morgan fingerprint density at radius 3 is 2.78 bits per heavy atom. The van der Waals surface area contributed by atoms with Crippen molar-refractivity contribution in [2.45, 2.75) is 31.7 Å². The van der Waals surface area contributed by atoms with E-state index in [4.69, 9.17) is 9.72 Å². The summed E-state index contributed by atoms with van der Waals surface area (Å²) in [5.41, 5.74) is 3.20. The number of amides is 1. The zero-order valence-corrected chi connectivity index (χ0v) is 16.0. The maximum Gasteiger partial charge on any atom is 0.227 e. The Morgan fingerprint density at radius 2 is 2.07 bits per heavy atom. The molecule has 27 heavy (non-hydrogen) atoms. The smallest absolute Gasteiger partial charge is 0.227 e. The molecule has 1 aromatic carbocycles. The second-order valence-corrected chi connectivity index (χ2v) is 7.54. The van der Waals surface area contributed by atoms with Crippen LogP contribution in [0.25, 0.3) is 0 Å². The summed E-state index contributed by atoms with van der Waals surface area (Å²) < 4.78 is 5.17. The molecule has 0 radical (unpaired) electrons. The number of carbonyl (C=O) groups is 1. The summed E-state index contributed by atoms with van der Waals surface area (Å²) in [4.78, 5) is 26.4. The summed E-state index contributed by atoms with van der Waals surface area (Å²) in [6.07, 6.45) is 4.28. The molecule has 2 aliphatic rings. The lowest BCUT2D eigenvalue weighted by Gasteiger charge is -2.28. The molecule has 0 spiro atoms. The van der Waals surface area contributed by atoms with Crippen LogP contribution in [0.4, 0.5) is 0 Å². The number of nitrogens with zero attached hydrogens (tertiary/aromatic N) is 4. The number of likely N-dealkylation sites (tertiary alicyclic amines) is 1. The van der Waals surface area contributed by atoms with E-state index in [1.807, 2.05) is 35.4 Å². The highest BCUT2D eigenvalue weighted by molar-refractivity contribution is 5.79. The molecule has 2 aliphatic heterocycles. The molecule has 6 nitrogen and oxygen atoms in total. The first kappa shape index (κ1) is 17.9. The number of fused-ring (bicyclic) bond motifs is 1. The maximum absolute atomic E-state index is 12.7. The van der Waals surface area contributed by atoms with Gasteiger partial charge in [0.05, 0.1) is 19.2 Å². The molecular formula is C21H26N4O2. The molecule has 1 fully saturated rings. The highest BCUT2D eigenvalue weighted by atomic mass is 16.5. The Hall–Kier alpha value is -2.47. The fraction of sp³-hybridized carbons (Fsp3) is 0.476. The fourth-order valence-corrected chi connectivity index (χ4v) is 3.92. The van der Waals surface area contributed by atoms with Gasteiger partial charge in [0.25, 0.3) is 0 Å². The number of ether oxygens (including phenoxy) is 1. The number of hydrogen-bond donors (Lipinski definition) is 0. The van der Waals surface area contributed by atoms with Gasteiger partial charge in [-0.2, -0.15) is 0 Å². The second kappa shape index (κ2) is 7.64. The molecular weight excluding hydrogens is 340 g/mol. The molecule has 3 heterocycles. The van der Waals surface area contributed by atoms with Gasteiger partial charge < -0.3 is 14.5 Å². The lowest BCUT2D eigenvalue weighted by Crippen LogP contribution is -2.37. The van der Waals surface area contributed by atoms with Gasteiger partial charge in [-0.25, -0.2) is 9.97 Å². The topological polar surface area (TPSA) is 58.6 Å². The van der Waals surface area contributed by atoms with Crippen LogP contribution in [0.1, 0.15) is 35.0 Å². The van der Waals surface area contributed by atoms with Gasteiger partial charge in [-0.1, -0.05) is 12.1 Å². The Labute approximate surface area is 160 Å². The highest BCUT2D eigenvalue weighted by Crippen LogP contribution is 2.25. The molecule has 1 atom stereocenters. The van der Waals surface area contributed by atoms with Gasteiger partial charge in [-0.3, -0.25) is 4.79 Å². The van der Waals surface area contributed by atoms with Crippen molar-refractivity contribution in [3.8, 4) is 5.75 Å². The van der Waals surface area contributed by atoms with E-state index in [0.29, 0.717) is 18.9 Å². The minimum absolute atomic E-state index is 0.146. The monoisotopic (exact) mass is 366 g/mol. The fourth-order valence-electron chi connectivity index (χ4n) is 3.92. The molecule has 0 N–H and O–H groups in total. The van der Waals surface area contributed by atoms with Crippen molar-refractivity contribution < 1.29 is 9.53 Å². The molecule has 1 saturated heterocycles. The summed E-state index contributed by atoms with van der Waals surface area (Å²) in [5, 5.41) is 0. The van der Waals surface area contributed by atoms with Gasteiger partial charge >= 0.3 is 0 Å². The molecule has 6 heteroatoms. The van der Waals surface area contributed by atoms with Crippen molar-refractivity contribution in [3.05, 3.63) is 53.1 Å². The zero-order valence-electron chi connectivity index (χ0n) is 16.0. The Morgan fingerprint density at radius 1 is 1.26 bits per heavy atom. The lowest BCUT2D eigenvalue weighted by molar-refractivity contribution is -0.131. The van der Waals surface area contributed by atoms with Crippen molar-refractivity contribution in [1.29, 1.82) is 0 Å². The van der Waals surface area contributed by atoms with Gasteiger partial charge in [-0.05, 0) is 37.7 Å². The van der Waals surface area contributed by atoms with E-state index in [1.165, 1.54) is 0 Å². The van der Waals surface area contributed by atoms with Crippen molar-refractivity contribution in [3.63, 3.8) is 0 Å². The summed E-state index contributed by atoms with van der Waals surface area (Å²) in [7, 11) is 3.79. The summed E-state index contributed by atoms with van der Waals surface area (Å²) >= 11 is 0. The Kier molecular flexibility index (Phi) is 5.07. The van der Waals surface area contributed by atoms with Gasteiger partial charge in [-0.15, -0.1) is 0 Å². The van der Waals surface area contributed by atoms with E-state index < -0.39 is 0 Å². The Bertz CT molecular complexity index is 821. The van der Waals surface area contributed by atoms with Crippen LogP contribution in [-0.2, 0) is 24.2 Å². The predicted octanol–water partition coefficient (Wildman–Crippen LogP) is 2.03. The third-order valence-electron chi connectivity index (χ3n) is 5.58. The quantitative estimate of drug-likeness (QED) is 0.829. The standard InChI is InChI=1S/C21H26N4O2/c1-24-9-7-16(13-24)21-22-12-17-14-25(10-8-19(17)23-21)20(26)11-15-3-5-18(27-2)6-4-15/h3-6,12,16H,7-11,13-14H2,1-2H3/t16-/m1/s1. The predicted molar refractivity (Wildman–Crippen MR) is 103 cm³/mol. The van der Waals surface area contributed by atoms with Crippen LogP contribution in [-0.4, -0.2) is 59.5 Å². The van der Waals surface area contributed by atoms with E-state index in [2.05, 4.69) is 16.9 Å². The summed E-state index contributed by atoms with van der Waals surface area (Å²) in [6, 6.07) is 7.68. The number of aromatic nitrogens is 2. The first-order valence-electron chi connectivity index (χ1n) is 9.56. The molecule has 1 amide bonds. The highest BCUT2D eigenvalue weighted by Gasteiger charge is 2.26. The van der Waals surface area contributed by atoms with Crippen molar-refractivity contribution in [2.75, 3.05) is 33.8 Å². The average Bonchev–Trinajstić information content (AvgIpc) is 3.14. The van der Waals surface area contributed by atoms with Gasteiger partial charge in [0.2, 0.25) is 5.91 Å². The molecule has 1 aromatic heterocycles. The number of carbonyl (C=O) groups excluding carboxylic acids is 1. The minimum Gasteiger partial charge on any atom is -0.497 e. The zero-order chi connectivity index (χ0) is 18.8. The van der Waals surface area contributed by atoms with Gasteiger partial charge in [0, 0.05) is 43.7 Å². The molecule has 0 aliphatic carbocycles. The number of rotatable bonds is 4. The minimum atomic E-state index is 0.146. The number of benzene rings is 1. The molecule has 0 unspecified atom stereocenters.